The van der Waals surface area contributed by atoms with Crippen molar-refractivity contribution in [2.24, 2.45) is 0 Å². The summed E-state index contributed by atoms with van der Waals surface area (Å²) in [6.07, 6.45) is 1.03. The molecule has 0 spiro atoms. The molecule has 0 bridgehead atoms. The Hall–Kier alpha value is -0.500. The molecule has 1 nitrogen and oxygen atoms in total. The van der Waals surface area contributed by atoms with Crippen molar-refractivity contribution in [1.82, 2.24) is 0 Å². The van der Waals surface area contributed by atoms with Crippen molar-refractivity contribution in [2.45, 2.75) is 13.3 Å². The van der Waals surface area contributed by atoms with Gasteiger partial charge in [-0.05, 0) is 28.4 Å². The molecule has 1 aromatic rings. The third-order valence-electron chi connectivity index (χ3n) is 1.23. The van der Waals surface area contributed by atoms with E-state index in [1.165, 1.54) is 0 Å². The van der Waals surface area contributed by atoms with Crippen LogP contribution in [0.2, 0.25) is 0 Å². The smallest absolute Gasteiger partial charge is 0.134 e. The van der Waals surface area contributed by atoms with Crippen LogP contribution in [-0.2, 0) is 0 Å². The van der Waals surface area contributed by atoms with Crippen molar-refractivity contribution in [1.29, 1.82) is 0 Å². The van der Waals surface area contributed by atoms with Gasteiger partial charge in [0.2, 0.25) is 0 Å². The molecule has 0 aliphatic heterocycles. The van der Waals surface area contributed by atoms with Gasteiger partial charge in [0.15, 0.2) is 0 Å². The predicted molar refractivity (Wildman–Crippen MR) is 48.8 cm³/mol. The minimum atomic E-state index is 0.760. The Morgan fingerprint density at radius 1 is 1.64 bits per heavy atom. The van der Waals surface area contributed by atoms with E-state index >= 15 is 0 Å². The number of halogens is 1. The average Bonchev–Trinajstić information content (AvgIpc) is 2.03. The molecule has 2 heteroatoms. The zero-order valence-corrected chi connectivity index (χ0v) is 8.02. The molecule has 0 aromatic heterocycles. The number of ether oxygens (including phenoxy) is 1. The molecular weight excluding hydrogens is 204 g/mol. The lowest BCUT2D eigenvalue weighted by Crippen LogP contribution is -1.94. The van der Waals surface area contributed by atoms with Crippen molar-refractivity contribution >= 4 is 15.9 Å². The first-order valence-electron chi connectivity index (χ1n) is 3.63. The van der Waals surface area contributed by atoms with Gasteiger partial charge in [0.25, 0.3) is 0 Å². The van der Waals surface area contributed by atoms with E-state index in [1.54, 1.807) is 0 Å². The van der Waals surface area contributed by atoms with Crippen LogP contribution in [0.4, 0.5) is 0 Å². The summed E-state index contributed by atoms with van der Waals surface area (Å²) in [4.78, 5) is 0. The van der Waals surface area contributed by atoms with E-state index in [0.717, 1.165) is 23.2 Å². The summed E-state index contributed by atoms with van der Waals surface area (Å²) in [6, 6.07) is 8.69. The average molecular weight is 214 g/mol. The van der Waals surface area contributed by atoms with E-state index in [2.05, 4.69) is 28.9 Å². The first kappa shape index (κ1) is 8.60. The standard InChI is InChI=1S/C9H10BrO/c1-2-7-11-9-6-4-3-5-8(9)10/h3-4,6H,2,7H2,1H3. The monoisotopic (exact) mass is 213 g/mol. The Kier molecular flexibility index (Phi) is 3.43. The van der Waals surface area contributed by atoms with Crippen LogP contribution >= 0.6 is 15.9 Å². The predicted octanol–water partition coefficient (Wildman–Crippen LogP) is 3.04. The molecule has 11 heavy (non-hydrogen) atoms. The molecule has 0 saturated heterocycles. The molecule has 0 atom stereocenters. The Morgan fingerprint density at radius 2 is 2.45 bits per heavy atom. The summed E-state index contributed by atoms with van der Waals surface area (Å²) < 4.78 is 6.30. The summed E-state index contributed by atoms with van der Waals surface area (Å²) in [5.74, 6) is 0.870. The minimum Gasteiger partial charge on any atom is -0.492 e. The van der Waals surface area contributed by atoms with Crippen molar-refractivity contribution in [3.8, 4) is 5.75 Å². The second-order valence-electron chi connectivity index (χ2n) is 2.20. The van der Waals surface area contributed by atoms with Gasteiger partial charge in [-0.1, -0.05) is 19.1 Å². The summed E-state index contributed by atoms with van der Waals surface area (Å²) in [5.41, 5.74) is 0. The van der Waals surface area contributed by atoms with Crippen molar-refractivity contribution in [3.05, 3.63) is 28.7 Å². The molecule has 0 aliphatic carbocycles. The molecule has 0 unspecified atom stereocenters. The van der Waals surface area contributed by atoms with E-state index in [4.69, 9.17) is 4.74 Å². The highest BCUT2D eigenvalue weighted by Gasteiger charge is 1.96. The lowest BCUT2D eigenvalue weighted by Gasteiger charge is -2.04. The van der Waals surface area contributed by atoms with Crippen LogP contribution in [0.3, 0.4) is 0 Å². The van der Waals surface area contributed by atoms with Gasteiger partial charge in [-0.25, -0.2) is 0 Å². The fourth-order valence-corrected chi connectivity index (χ4v) is 1.10. The number of benzene rings is 1. The van der Waals surface area contributed by atoms with Crippen LogP contribution in [0, 0.1) is 6.07 Å². The van der Waals surface area contributed by atoms with Crippen molar-refractivity contribution in [3.63, 3.8) is 0 Å². The summed E-state index contributed by atoms with van der Waals surface area (Å²) in [6.45, 7) is 2.84. The zero-order valence-electron chi connectivity index (χ0n) is 6.43. The molecule has 0 fully saturated rings. The molecule has 0 N–H and O–H groups in total. The third kappa shape index (κ3) is 2.54. The van der Waals surface area contributed by atoms with Gasteiger partial charge in [0.05, 0.1) is 11.1 Å². The van der Waals surface area contributed by atoms with E-state index in [9.17, 15) is 0 Å². The highest BCUT2D eigenvalue weighted by Crippen LogP contribution is 2.22. The maximum atomic E-state index is 5.41. The Balaban J connectivity index is 2.62. The SMILES string of the molecule is CCCOc1ccc[c]c1Br. The maximum Gasteiger partial charge on any atom is 0.134 e. The zero-order chi connectivity index (χ0) is 8.10. The Morgan fingerprint density at radius 3 is 3.09 bits per heavy atom. The van der Waals surface area contributed by atoms with E-state index in [0.29, 0.717) is 0 Å². The quantitative estimate of drug-likeness (QED) is 0.751. The van der Waals surface area contributed by atoms with Crippen LogP contribution < -0.4 is 4.74 Å². The lowest BCUT2D eigenvalue weighted by atomic mass is 10.3. The Bertz CT molecular complexity index is 223. The molecule has 0 aliphatic rings. The second kappa shape index (κ2) is 4.39. The maximum absolute atomic E-state index is 5.41. The summed E-state index contributed by atoms with van der Waals surface area (Å²) in [7, 11) is 0. The van der Waals surface area contributed by atoms with Crippen molar-refractivity contribution < 1.29 is 4.74 Å². The molecular formula is C9H10BrO. The minimum absolute atomic E-state index is 0.760. The first-order chi connectivity index (χ1) is 5.34. The lowest BCUT2D eigenvalue weighted by molar-refractivity contribution is 0.315. The van der Waals surface area contributed by atoms with Gasteiger partial charge in [-0.3, -0.25) is 0 Å². The molecule has 0 amide bonds. The highest BCUT2D eigenvalue weighted by molar-refractivity contribution is 9.10. The molecule has 1 aromatic carbocycles. The topological polar surface area (TPSA) is 9.23 Å². The van der Waals surface area contributed by atoms with E-state index in [-0.39, 0.29) is 0 Å². The third-order valence-corrected chi connectivity index (χ3v) is 1.85. The van der Waals surface area contributed by atoms with Gasteiger partial charge in [-0.15, -0.1) is 0 Å². The normalized spacial score (nSPS) is 9.64. The van der Waals surface area contributed by atoms with Crippen molar-refractivity contribution in [2.75, 3.05) is 6.61 Å². The molecule has 59 valence electrons. The van der Waals surface area contributed by atoms with Crippen LogP contribution in [0.15, 0.2) is 22.7 Å². The molecule has 0 saturated carbocycles. The molecule has 0 heterocycles. The fourth-order valence-electron chi connectivity index (χ4n) is 0.725. The first-order valence-corrected chi connectivity index (χ1v) is 4.43. The number of rotatable bonds is 3. The van der Waals surface area contributed by atoms with Gasteiger partial charge in [-0.2, -0.15) is 0 Å². The summed E-state index contributed by atoms with van der Waals surface area (Å²) in [5, 5.41) is 0. The number of hydrogen-bond acceptors (Lipinski definition) is 1. The van der Waals surface area contributed by atoms with Crippen LogP contribution in [-0.4, -0.2) is 6.61 Å². The fraction of sp³-hybridized carbons (Fsp3) is 0.333. The van der Waals surface area contributed by atoms with Gasteiger partial charge < -0.3 is 4.74 Å². The number of hydrogen-bond donors (Lipinski definition) is 0. The van der Waals surface area contributed by atoms with Crippen LogP contribution in [0.25, 0.3) is 0 Å². The van der Waals surface area contributed by atoms with Crippen LogP contribution in [0.1, 0.15) is 13.3 Å². The Labute approximate surface area is 75.5 Å². The highest BCUT2D eigenvalue weighted by atomic mass is 79.9. The summed E-state index contributed by atoms with van der Waals surface area (Å²) >= 11 is 3.35. The van der Waals surface area contributed by atoms with E-state index < -0.39 is 0 Å². The second-order valence-corrected chi connectivity index (χ2v) is 2.99. The van der Waals surface area contributed by atoms with Crippen LogP contribution in [0.5, 0.6) is 5.75 Å². The molecule has 1 radical (unpaired) electrons. The van der Waals surface area contributed by atoms with E-state index in [1.807, 2.05) is 18.2 Å². The largest absolute Gasteiger partial charge is 0.492 e. The van der Waals surface area contributed by atoms with Gasteiger partial charge in [0, 0.05) is 6.07 Å². The van der Waals surface area contributed by atoms with Gasteiger partial charge >= 0.3 is 0 Å². The molecule has 1 rings (SSSR count). The van der Waals surface area contributed by atoms with Gasteiger partial charge in [0.1, 0.15) is 5.75 Å².